The zero-order chi connectivity index (χ0) is 32.7. The third-order valence-corrected chi connectivity index (χ3v) is 7.31. The van der Waals surface area contributed by atoms with Crippen molar-refractivity contribution >= 4 is 58.0 Å². The number of benzene rings is 3. The van der Waals surface area contributed by atoms with Crippen LogP contribution in [-0.4, -0.2) is 43.2 Å². The number of nitrogens with zero attached hydrogens (tertiary/aromatic N) is 2. The van der Waals surface area contributed by atoms with Crippen molar-refractivity contribution in [2.75, 3.05) is 34.8 Å². The Labute approximate surface area is 270 Å². The van der Waals surface area contributed by atoms with Gasteiger partial charge in [-0.05, 0) is 74.4 Å². The number of ether oxygens (including phenoxy) is 2. The van der Waals surface area contributed by atoms with Crippen molar-refractivity contribution in [3.8, 4) is 5.75 Å². The van der Waals surface area contributed by atoms with Gasteiger partial charge in [-0.1, -0.05) is 76.0 Å². The summed E-state index contributed by atoms with van der Waals surface area (Å²) >= 11 is 12.5. The molecule has 236 valence electrons. The van der Waals surface area contributed by atoms with Gasteiger partial charge in [-0.3, -0.25) is 9.59 Å². The van der Waals surface area contributed by atoms with Gasteiger partial charge < -0.3 is 19.7 Å². The minimum atomic E-state index is -2.58. The van der Waals surface area contributed by atoms with Crippen LogP contribution in [0.2, 0.25) is 10.0 Å². The highest BCUT2D eigenvalue weighted by Crippen LogP contribution is 2.38. The molecule has 8 nitrogen and oxygen atoms in total. The first-order chi connectivity index (χ1) is 20.7. The number of carbonyl (C=O) groups is 3. The minimum absolute atomic E-state index is 0.0182. The number of hydrogen-bond acceptors (Lipinski definition) is 6. The van der Waals surface area contributed by atoms with Crippen LogP contribution in [0.1, 0.15) is 48.5 Å². The SMILES string of the molecule is CCN(CC)c1ccc(N(C(=O)OCC(C)C)C(Oc2ccccc2)(C(=O)Nc2ccc(Cl)cc2Cl)C(=O)C(C)(C)C)cc1. The fraction of sp³-hybridized carbons (Fsp3) is 0.382. The molecule has 0 aliphatic heterocycles. The van der Waals surface area contributed by atoms with Gasteiger partial charge in [-0.15, -0.1) is 0 Å². The van der Waals surface area contributed by atoms with Crippen LogP contribution in [0.5, 0.6) is 5.75 Å². The maximum Gasteiger partial charge on any atom is 0.418 e. The van der Waals surface area contributed by atoms with Gasteiger partial charge in [-0.2, -0.15) is 0 Å². The zero-order valence-electron chi connectivity index (χ0n) is 26.3. The van der Waals surface area contributed by atoms with Crippen LogP contribution in [-0.2, 0) is 14.3 Å². The monoisotopic (exact) mass is 641 g/mol. The zero-order valence-corrected chi connectivity index (χ0v) is 27.8. The Balaban J connectivity index is 2.36. The van der Waals surface area contributed by atoms with E-state index in [1.54, 1.807) is 69.3 Å². The summed E-state index contributed by atoms with van der Waals surface area (Å²) in [6.07, 6.45) is -0.930. The Morgan fingerprint density at radius 3 is 1.98 bits per heavy atom. The average Bonchev–Trinajstić information content (AvgIpc) is 2.98. The van der Waals surface area contributed by atoms with E-state index in [9.17, 15) is 14.4 Å². The van der Waals surface area contributed by atoms with Gasteiger partial charge in [0.25, 0.3) is 5.91 Å². The molecule has 3 rings (SSSR count). The molecule has 44 heavy (non-hydrogen) atoms. The molecule has 1 unspecified atom stereocenters. The van der Waals surface area contributed by atoms with E-state index < -0.39 is 28.9 Å². The van der Waals surface area contributed by atoms with Crippen molar-refractivity contribution in [2.45, 2.75) is 54.2 Å². The van der Waals surface area contributed by atoms with Gasteiger partial charge in [0.2, 0.25) is 5.78 Å². The molecule has 0 radical (unpaired) electrons. The van der Waals surface area contributed by atoms with E-state index in [0.29, 0.717) is 5.02 Å². The lowest BCUT2D eigenvalue weighted by molar-refractivity contribution is -0.151. The molecule has 0 heterocycles. The highest BCUT2D eigenvalue weighted by atomic mass is 35.5. The summed E-state index contributed by atoms with van der Waals surface area (Å²) in [6.45, 7) is 14.4. The molecular weight excluding hydrogens is 601 g/mol. The second kappa shape index (κ2) is 14.8. The molecule has 0 saturated heterocycles. The Bertz CT molecular complexity index is 1440. The maximum absolute atomic E-state index is 14.7. The number of anilines is 3. The lowest BCUT2D eigenvalue weighted by Gasteiger charge is -2.43. The number of ketones is 1. The summed E-state index contributed by atoms with van der Waals surface area (Å²) in [4.78, 5) is 46.7. The van der Waals surface area contributed by atoms with Gasteiger partial charge in [0.15, 0.2) is 0 Å². The Hall–Kier alpha value is -3.75. The van der Waals surface area contributed by atoms with Crippen molar-refractivity contribution in [1.29, 1.82) is 0 Å². The normalized spacial score (nSPS) is 12.7. The molecule has 0 bridgehead atoms. The van der Waals surface area contributed by atoms with Crippen LogP contribution >= 0.6 is 23.2 Å². The molecule has 0 aliphatic carbocycles. The molecule has 0 aromatic heterocycles. The first-order valence-corrected chi connectivity index (χ1v) is 15.4. The predicted octanol–water partition coefficient (Wildman–Crippen LogP) is 8.47. The van der Waals surface area contributed by atoms with Crippen LogP contribution in [0.3, 0.4) is 0 Å². The van der Waals surface area contributed by atoms with Crippen LogP contribution in [0.25, 0.3) is 0 Å². The standard InChI is InChI=1S/C34H41Cl2N3O5/c1-8-38(9-2)25-16-18-26(19-17-25)39(32(42)43-22-23(3)4)34(30(40)33(5,6)7,44-27-13-11-10-12-14-27)31(41)37-29-20-15-24(35)21-28(29)36/h10-21,23H,8-9,22H2,1-7H3,(H,37,41). The van der Waals surface area contributed by atoms with E-state index in [-0.39, 0.29) is 34.7 Å². The number of amides is 2. The van der Waals surface area contributed by atoms with E-state index in [1.807, 2.05) is 39.8 Å². The van der Waals surface area contributed by atoms with E-state index in [2.05, 4.69) is 10.2 Å². The maximum atomic E-state index is 14.7. The fourth-order valence-corrected chi connectivity index (χ4v) is 4.99. The number of carbonyl (C=O) groups excluding carboxylic acids is 3. The summed E-state index contributed by atoms with van der Waals surface area (Å²) in [5.74, 6) is -1.47. The molecule has 1 N–H and O–H groups in total. The van der Waals surface area contributed by atoms with Crippen molar-refractivity contribution in [3.63, 3.8) is 0 Å². The summed E-state index contributed by atoms with van der Waals surface area (Å²) in [5.41, 5.74) is -2.44. The third kappa shape index (κ3) is 8.04. The van der Waals surface area contributed by atoms with Crippen molar-refractivity contribution in [1.82, 2.24) is 0 Å². The Morgan fingerprint density at radius 2 is 1.45 bits per heavy atom. The smallest absolute Gasteiger partial charge is 0.418 e. The van der Waals surface area contributed by atoms with Gasteiger partial charge in [0.05, 0.1) is 23.0 Å². The third-order valence-electron chi connectivity index (χ3n) is 6.76. The number of Topliss-reactive ketones (excluding diaryl/α,β-unsaturated/α-hetero) is 1. The summed E-state index contributed by atoms with van der Waals surface area (Å²) < 4.78 is 12.1. The molecule has 0 aliphatic rings. The summed E-state index contributed by atoms with van der Waals surface area (Å²) in [5, 5.41) is 3.23. The number of halogens is 2. The van der Waals surface area contributed by atoms with Gasteiger partial charge in [0, 0.05) is 29.2 Å². The van der Waals surface area contributed by atoms with E-state index in [4.69, 9.17) is 32.7 Å². The highest BCUT2D eigenvalue weighted by Gasteiger charge is 2.60. The minimum Gasteiger partial charge on any atom is -0.452 e. The van der Waals surface area contributed by atoms with Crippen molar-refractivity contribution in [3.05, 3.63) is 82.8 Å². The molecule has 3 aromatic rings. The summed E-state index contributed by atoms with van der Waals surface area (Å²) in [6, 6.07) is 19.9. The Morgan fingerprint density at radius 1 is 0.864 bits per heavy atom. The van der Waals surface area contributed by atoms with Gasteiger partial charge in [-0.25, -0.2) is 9.69 Å². The lowest BCUT2D eigenvalue weighted by Crippen LogP contribution is -2.70. The second-order valence-corrected chi connectivity index (χ2v) is 12.6. The van der Waals surface area contributed by atoms with E-state index in [1.165, 1.54) is 12.1 Å². The molecule has 10 heteroatoms. The average molecular weight is 643 g/mol. The van der Waals surface area contributed by atoms with Crippen molar-refractivity contribution < 1.29 is 23.9 Å². The van der Waals surface area contributed by atoms with Gasteiger partial charge >= 0.3 is 11.8 Å². The first kappa shape index (κ1) is 34.7. The van der Waals surface area contributed by atoms with Crippen LogP contribution in [0, 0.1) is 11.3 Å². The fourth-order valence-electron chi connectivity index (χ4n) is 4.53. The topological polar surface area (TPSA) is 88.2 Å². The van der Waals surface area contributed by atoms with Crippen LogP contribution in [0.4, 0.5) is 21.9 Å². The molecular formula is C34H41Cl2N3O5. The number of hydrogen-bond donors (Lipinski definition) is 1. The number of para-hydroxylation sites is 1. The largest absolute Gasteiger partial charge is 0.452 e. The number of rotatable bonds is 12. The predicted molar refractivity (Wildman–Crippen MR) is 178 cm³/mol. The molecule has 0 fully saturated rings. The van der Waals surface area contributed by atoms with E-state index in [0.717, 1.165) is 23.7 Å². The summed E-state index contributed by atoms with van der Waals surface area (Å²) in [7, 11) is 0. The van der Waals surface area contributed by atoms with E-state index >= 15 is 0 Å². The van der Waals surface area contributed by atoms with Crippen LogP contribution in [0.15, 0.2) is 72.8 Å². The molecule has 2 amide bonds. The lowest BCUT2D eigenvalue weighted by atomic mass is 9.82. The first-order valence-electron chi connectivity index (χ1n) is 14.6. The molecule has 0 spiro atoms. The highest BCUT2D eigenvalue weighted by molar-refractivity contribution is 6.37. The van der Waals surface area contributed by atoms with Crippen molar-refractivity contribution in [2.24, 2.45) is 11.3 Å². The molecule has 1 atom stereocenters. The number of nitrogens with one attached hydrogen (secondary N) is 1. The van der Waals surface area contributed by atoms with Gasteiger partial charge in [0.1, 0.15) is 5.75 Å². The van der Waals surface area contributed by atoms with Crippen LogP contribution < -0.4 is 19.9 Å². The molecule has 0 saturated carbocycles. The Kier molecular flexibility index (Phi) is 11.7. The second-order valence-electron chi connectivity index (χ2n) is 11.7. The quantitative estimate of drug-likeness (QED) is 0.158. The molecule has 3 aromatic carbocycles.